The maximum atomic E-state index is 11.6. The highest BCUT2D eigenvalue weighted by molar-refractivity contribution is 5.72. The van der Waals surface area contributed by atoms with Gasteiger partial charge in [-0.3, -0.25) is 4.79 Å². The Hall–Kier alpha value is -1.05. The molecule has 0 saturated heterocycles. The molecule has 1 rings (SSSR count). The number of nitrogens with one attached hydrogen (secondary N) is 1. The summed E-state index contributed by atoms with van der Waals surface area (Å²) in [5.41, 5.74) is -0.681. The molecule has 0 aliphatic heterocycles. The third-order valence-corrected chi connectivity index (χ3v) is 3.66. The Morgan fingerprint density at radius 2 is 2.21 bits per heavy atom. The summed E-state index contributed by atoms with van der Waals surface area (Å²) in [5, 5.41) is 13.6. The monoisotopic (exact) mass is 267 g/mol. The van der Waals surface area contributed by atoms with Crippen LogP contribution in [0.5, 0.6) is 0 Å². The summed E-state index contributed by atoms with van der Waals surface area (Å²) < 4.78 is 5.02. The van der Waals surface area contributed by atoms with Gasteiger partial charge in [0.25, 0.3) is 0 Å². The molecule has 0 bridgehead atoms. The first-order valence-electron chi connectivity index (χ1n) is 7.14. The molecule has 0 amide bonds. The molecule has 0 aromatic carbocycles. The number of hydrogen-bond donors (Lipinski definition) is 2. The Morgan fingerprint density at radius 1 is 1.53 bits per heavy atom. The van der Waals surface area contributed by atoms with Crippen molar-refractivity contribution in [1.82, 2.24) is 5.32 Å². The van der Waals surface area contributed by atoms with Gasteiger partial charge in [0.15, 0.2) is 0 Å². The molecule has 4 heteroatoms. The zero-order valence-corrected chi connectivity index (χ0v) is 11.8. The summed E-state index contributed by atoms with van der Waals surface area (Å²) in [6, 6.07) is 0. The minimum atomic E-state index is -0.681. The molecular formula is C15H25NO3. The molecular weight excluding hydrogens is 242 g/mol. The van der Waals surface area contributed by atoms with Gasteiger partial charge in [0.05, 0.1) is 18.1 Å². The molecule has 0 radical (unpaired) electrons. The molecule has 1 aliphatic rings. The number of hydrogen-bond acceptors (Lipinski definition) is 4. The third-order valence-electron chi connectivity index (χ3n) is 3.66. The van der Waals surface area contributed by atoms with Gasteiger partial charge in [-0.05, 0) is 45.6 Å². The predicted octanol–water partition coefficient (Wildman–Crippen LogP) is 1.47. The second-order valence-electron chi connectivity index (χ2n) is 5.24. The first-order chi connectivity index (χ1) is 9.11. The van der Waals surface area contributed by atoms with Crippen molar-refractivity contribution in [2.45, 2.75) is 51.0 Å². The number of rotatable bonds is 7. The highest BCUT2D eigenvalue weighted by atomic mass is 16.5. The van der Waals surface area contributed by atoms with Crippen molar-refractivity contribution in [3.63, 3.8) is 0 Å². The predicted molar refractivity (Wildman–Crippen MR) is 74.5 cm³/mol. The Kier molecular flexibility index (Phi) is 6.90. The fourth-order valence-electron chi connectivity index (χ4n) is 2.46. The van der Waals surface area contributed by atoms with Gasteiger partial charge in [-0.1, -0.05) is 0 Å². The van der Waals surface area contributed by atoms with Crippen LogP contribution in [0.1, 0.15) is 45.4 Å². The quantitative estimate of drug-likeness (QED) is 0.417. The maximum absolute atomic E-state index is 11.6. The molecule has 1 aliphatic carbocycles. The normalized spacial score (nSPS) is 26.7. The second kappa shape index (κ2) is 8.19. The zero-order valence-electron chi connectivity index (χ0n) is 11.8. The summed E-state index contributed by atoms with van der Waals surface area (Å²) in [6.45, 7) is 3.65. The topological polar surface area (TPSA) is 58.6 Å². The van der Waals surface area contributed by atoms with Crippen LogP contribution in [0.25, 0.3) is 0 Å². The molecule has 108 valence electrons. The summed E-state index contributed by atoms with van der Waals surface area (Å²) in [7, 11) is 0. The lowest BCUT2D eigenvalue weighted by molar-refractivity contribution is -0.151. The maximum Gasteiger partial charge on any atom is 0.308 e. The van der Waals surface area contributed by atoms with E-state index in [1.165, 1.54) is 0 Å². The van der Waals surface area contributed by atoms with E-state index < -0.39 is 5.60 Å². The fourth-order valence-corrected chi connectivity index (χ4v) is 2.46. The van der Waals surface area contributed by atoms with Gasteiger partial charge in [0.1, 0.15) is 0 Å². The fraction of sp³-hybridized carbons (Fsp3) is 0.800. The van der Waals surface area contributed by atoms with E-state index in [0.29, 0.717) is 38.8 Å². The van der Waals surface area contributed by atoms with Crippen LogP contribution in [-0.4, -0.2) is 36.4 Å². The van der Waals surface area contributed by atoms with Crippen LogP contribution < -0.4 is 5.32 Å². The lowest BCUT2D eigenvalue weighted by Gasteiger charge is -2.35. The van der Waals surface area contributed by atoms with Crippen molar-refractivity contribution in [3.8, 4) is 12.3 Å². The molecule has 1 fully saturated rings. The molecule has 0 aromatic heterocycles. The highest BCUT2D eigenvalue weighted by Gasteiger charge is 2.35. The first kappa shape index (κ1) is 16.0. The van der Waals surface area contributed by atoms with E-state index in [-0.39, 0.29) is 11.9 Å². The van der Waals surface area contributed by atoms with E-state index in [1.807, 2.05) is 6.92 Å². The third kappa shape index (κ3) is 5.63. The molecule has 0 heterocycles. The lowest BCUT2D eigenvalue weighted by Crippen LogP contribution is -2.44. The largest absolute Gasteiger partial charge is 0.466 e. The highest BCUT2D eigenvalue weighted by Crippen LogP contribution is 2.32. The number of carbonyl (C=O) groups is 1. The summed E-state index contributed by atoms with van der Waals surface area (Å²) >= 11 is 0. The van der Waals surface area contributed by atoms with Crippen LogP contribution in [0.2, 0.25) is 0 Å². The molecule has 0 unspecified atom stereocenters. The van der Waals surface area contributed by atoms with Gasteiger partial charge in [0.2, 0.25) is 0 Å². The van der Waals surface area contributed by atoms with Gasteiger partial charge in [-0.2, -0.15) is 0 Å². The molecule has 0 aromatic rings. The van der Waals surface area contributed by atoms with Crippen LogP contribution in [-0.2, 0) is 9.53 Å². The smallest absolute Gasteiger partial charge is 0.308 e. The number of terminal acetylenes is 1. The molecule has 19 heavy (non-hydrogen) atoms. The number of aliphatic hydroxyl groups is 1. The van der Waals surface area contributed by atoms with E-state index >= 15 is 0 Å². The molecule has 4 nitrogen and oxygen atoms in total. The van der Waals surface area contributed by atoms with Crippen molar-refractivity contribution >= 4 is 5.97 Å². The van der Waals surface area contributed by atoms with Gasteiger partial charge in [-0.15, -0.1) is 12.3 Å². The number of esters is 1. The van der Waals surface area contributed by atoms with Gasteiger partial charge in [-0.25, -0.2) is 0 Å². The van der Waals surface area contributed by atoms with E-state index in [9.17, 15) is 9.90 Å². The Morgan fingerprint density at radius 3 is 2.79 bits per heavy atom. The van der Waals surface area contributed by atoms with E-state index in [1.54, 1.807) is 0 Å². The van der Waals surface area contributed by atoms with E-state index in [2.05, 4.69) is 11.2 Å². The van der Waals surface area contributed by atoms with Gasteiger partial charge < -0.3 is 15.2 Å². The van der Waals surface area contributed by atoms with Crippen molar-refractivity contribution < 1.29 is 14.6 Å². The Balaban J connectivity index is 2.23. The second-order valence-corrected chi connectivity index (χ2v) is 5.24. The standard InChI is InChI=1S/C15H25NO3/c1-3-5-6-11-16-12-15(18)9-7-13(8-10-15)14(17)19-4-2/h1,13,16,18H,4-12H2,2H3. The molecule has 0 spiro atoms. The van der Waals surface area contributed by atoms with Crippen molar-refractivity contribution in [3.05, 3.63) is 0 Å². The van der Waals surface area contributed by atoms with Crippen LogP contribution in [0.3, 0.4) is 0 Å². The summed E-state index contributed by atoms with van der Waals surface area (Å²) in [5.74, 6) is 2.43. The number of unbranched alkanes of at least 4 members (excludes halogenated alkanes) is 1. The van der Waals surface area contributed by atoms with Gasteiger partial charge in [0, 0.05) is 13.0 Å². The van der Waals surface area contributed by atoms with Crippen molar-refractivity contribution in [2.75, 3.05) is 19.7 Å². The molecule has 1 saturated carbocycles. The van der Waals surface area contributed by atoms with Gasteiger partial charge >= 0.3 is 5.97 Å². The number of carbonyl (C=O) groups excluding carboxylic acids is 1. The number of ether oxygens (including phenoxy) is 1. The lowest BCUT2D eigenvalue weighted by atomic mass is 9.79. The van der Waals surface area contributed by atoms with Crippen LogP contribution in [0, 0.1) is 18.3 Å². The van der Waals surface area contributed by atoms with E-state index in [0.717, 1.165) is 19.4 Å². The average molecular weight is 267 g/mol. The van der Waals surface area contributed by atoms with Crippen molar-refractivity contribution in [2.24, 2.45) is 5.92 Å². The minimum absolute atomic E-state index is 0.0401. The van der Waals surface area contributed by atoms with Crippen molar-refractivity contribution in [1.29, 1.82) is 0 Å². The van der Waals surface area contributed by atoms with E-state index in [4.69, 9.17) is 11.2 Å². The summed E-state index contributed by atoms with van der Waals surface area (Å²) in [6.07, 6.45) is 9.59. The zero-order chi connectivity index (χ0) is 14.1. The van der Waals surface area contributed by atoms with Crippen LogP contribution in [0.15, 0.2) is 0 Å². The van der Waals surface area contributed by atoms with Crippen LogP contribution in [0.4, 0.5) is 0 Å². The summed E-state index contributed by atoms with van der Waals surface area (Å²) in [4.78, 5) is 11.6. The average Bonchev–Trinajstić information content (AvgIpc) is 2.39. The Bertz CT molecular complexity index is 314. The first-order valence-corrected chi connectivity index (χ1v) is 7.14. The Labute approximate surface area is 115 Å². The molecule has 0 atom stereocenters. The minimum Gasteiger partial charge on any atom is -0.466 e. The molecule has 2 N–H and O–H groups in total. The van der Waals surface area contributed by atoms with Crippen LogP contribution >= 0.6 is 0 Å². The SMILES string of the molecule is C#CCCCNCC1(O)CCC(C(=O)OCC)CC1.